The first kappa shape index (κ1) is 22.7. The maximum Gasteiger partial charge on any atom is 0.329 e. The molecule has 0 bridgehead atoms. The standard InChI is InChI=1S/2C4H11O3P.H2O/c2*1-3-6-8(5)7-4-2;/h2*5H,3-4H2,1-2H3;1H2. The minimum Gasteiger partial charge on any atom is -0.412 e. The second kappa shape index (κ2) is 18.9. The highest BCUT2D eigenvalue weighted by atomic mass is 31.2. The molecular weight excluding hydrogens is 270 g/mol. The van der Waals surface area contributed by atoms with Gasteiger partial charge in [0.05, 0.1) is 26.4 Å². The molecule has 4 N–H and O–H groups in total. The van der Waals surface area contributed by atoms with E-state index in [1.165, 1.54) is 0 Å². The summed E-state index contributed by atoms with van der Waals surface area (Å²) in [5.74, 6) is 0. The molecule has 0 aliphatic heterocycles. The lowest BCUT2D eigenvalue weighted by molar-refractivity contribution is 0.215. The first-order chi connectivity index (χ1) is 7.62. The summed E-state index contributed by atoms with van der Waals surface area (Å²) < 4.78 is 18.7. The Kier molecular flexibility index (Phi) is 25.3. The van der Waals surface area contributed by atoms with E-state index in [1.54, 1.807) is 0 Å². The molecule has 0 aromatic carbocycles. The van der Waals surface area contributed by atoms with Gasteiger partial charge in [-0.15, -0.1) is 0 Å². The predicted molar refractivity (Wildman–Crippen MR) is 68.4 cm³/mol. The summed E-state index contributed by atoms with van der Waals surface area (Å²) >= 11 is 0. The first-order valence-corrected chi connectivity index (χ1v) is 7.37. The van der Waals surface area contributed by atoms with Crippen LogP contribution < -0.4 is 0 Å². The van der Waals surface area contributed by atoms with Gasteiger partial charge in [0.15, 0.2) is 0 Å². The van der Waals surface area contributed by atoms with E-state index in [4.69, 9.17) is 9.79 Å². The second-order valence-electron chi connectivity index (χ2n) is 2.15. The molecule has 7 nitrogen and oxygen atoms in total. The van der Waals surface area contributed by atoms with Crippen molar-refractivity contribution in [3.63, 3.8) is 0 Å². The Bertz CT molecular complexity index is 104. The Balaban J connectivity index is -0.000000218. The quantitative estimate of drug-likeness (QED) is 0.660. The average molecular weight is 294 g/mol. The summed E-state index contributed by atoms with van der Waals surface area (Å²) in [5, 5.41) is 0. The lowest BCUT2D eigenvalue weighted by Gasteiger charge is -2.05. The van der Waals surface area contributed by atoms with Crippen molar-refractivity contribution in [2.24, 2.45) is 0 Å². The minimum atomic E-state index is -1.58. The van der Waals surface area contributed by atoms with Gasteiger partial charge in [-0.1, -0.05) is 0 Å². The third kappa shape index (κ3) is 22.3. The van der Waals surface area contributed by atoms with Gasteiger partial charge in [-0.3, -0.25) is 0 Å². The largest absolute Gasteiger partial charge is 0.412 e. The fraction of sp³-hybridized carbons (Fsp3) is 1.00. The molecule has 108 valence electrons. The van der Waals surface area contributed by atoms with Gasteiger partial charge < -0.3 is 33.4 Å². The molecule has 0 aliphatic rings. The van der Waals surface area contributed by atoms with Crippen molar-refractivity contribution in [1.29, 1.82) is 0 Å². The van der Waals surface area contributed by atoms with E-state index in [9.17, 15) is 0 Å². The summed E-state index contributed by atoms with van der Waals surface area (Å²) in [6.45, 7) is 9.25. The summed E-state index contributed by atoms with van der Waals surface area (Å²) in [7, 11) is -3.16. The highest BCUT2D eigenvalue weighted by Gasteiger charge is 2.01. The molecule has 0 heterocycles. The maximum atomic E-state index is 8.67. The van der Waals surface area contributed by atoms with Gasteiger partial charge in [-0.25, -0.2) is 0 Å². The van der Waals surface area contributed by atoms with Crippen molar-refractivity contribution in [2.45, 2.75) is 27.7 Å². The SMILES string of the molecule is CCOP(O)OCC.CCOP(O)OCC.O. The van der Waals surface area contributed by atoms with Crippen LogP contribution in [0, 0.1) is 0 Å². The van der Waals surface area contributed by atoms with Gasteiger partial charge in [0.25, 0.3) is 0 Å². The Hall–Kier alpha value is 0.580. The monoisotopic (exact) mass is 294 g/mol. The maximum absolute atomic E-state index is 8.67. The zero-order valence-corrected chi connectivity index (χ0v) is 12.5. The van der Waals surface area contributed by atoms with Crippen LogP contribution in [-0.4, -0.2) is 41.7 Å². The molecule has 0 aromatic heterocycles. The highest BCUT2D eigenvalue weighted by Crippen LogP contribution is 2.31. The van der Waals surface area contributed by atoms with Crippen molar-refractivity contribution in [2.75, 3.05) is 26.4 Å². The molecule has 9 heteroatoms. The first-order valence-electron chi connectivity index (χ1n) is 5.11. The summed E-state index contributed by atoms with van der Waals surface area (Å²) in [4.78, 5) is 17.3. The molecule has 17 heavy (non-hydrogen) atoms. The van der Waals surface area contributed by atoms with E-state index < -0.39 is 17.2 Å². The summed E-state index contributed by atoms with van der Waals surface area (Å²) in [6.07, 6.45) is 0. The van der Waals surface area contributed by atoms with E-state index >= 15 is 0 Å². The fourth-order valence-corrected chi connectivity index (χ4v) is 1.55. The van der Waals surface area contributed by atoms with Crippen molar-refractivity contribution < 1.29 is 33.4 Å². The molecule has 0 radical (unpaired) electrons. The van der Waals surface area contributed by atoms with Crippen molar-refractivity contribution >= 4 is 17.2 Å². The van der Waals surface area contributed by atoms with Crippen LogP contribution in [-0.2, 0) is 18.1 Å². The lowest BCUT2D eigenvalue weighted by Crippen LogP contribution is -1.87. The van der Waals surface area contributed by atoms with Gasteiger partial charge in [0.2, 0.25) is 0 Å². The van der Waals surface area contributed by atoms with Gasteiger partial charge >= 0.3 is 17.2 Å². The summed E-state index contributed by atoms with van der Waals surface area (Å²) in [5.41, 5.74) is 0. The van der Waals surface area contributed by atoms with Crippen molar-refractivity contribution in [3.05, 3.63) is 0 Å². The Morgan fingerprint density at radius 2 is 0.824 bits per heavy atom. The Morgan fingerprint density at radius 3 is 0.941 bits per heavy atom. The van der Waals surface area contributed by atoms with E-state index in [2.05, 4.69) is 18.1 Å². The Morgan fingerprint density at radius 1 is 0.647 bits per heavy atom. The molecule has 0 saturated heterocycles. The molecule has 0 amide bonds. The third-order valence-electron chi connectivity index (χ3n) is 0.958. The number of rotatable bonds is 8. The van der Waals surface area contributed by atoms with Crippen molar-refractivity contribution in [3.8, 4) is 0 Å². The van der Waals surface area contributed by atoms with Gasteiger partial charge in [0, 0.05) is 0 Å². The van der Waals surface area contributed by atoms with Crippen LogP contribution >= 0.6 is 17.2 Å². The molecule has 0 saturated carbocycles. The molecule has 0 aromatic rings. The average Bonchev–Trinajstić information content (AvgIpc) is 2.20. The van der Waals surface area contributed by atoms with Gasteiger partial charge in [-0.05, 0) is 27.7 Å². The smallest absolute Gasteiger partial charge is 0.329 e. The van der Waals surface area contributed by atoms with Crippen LogP contribution in [0.15, 0.2) is 0 Å². The van der Waals surface area contributed by atoms with E-state index in [-0.39, 0.29) is 5.48 Å². The van der Waals surface area contributed by atoms with Gasteiger partial charge in [0.1, 0.15) is 0 Å². The zero-order valence-electron chi connectivity index (χ0n) is 10.8. The Labute approximate surface area is 105 Å². The highest BCUT2D eigenvalue weighted by molar-refractivity contribution is 7.40. The van der Waals surface area contributed by atoms with Crippen LogP contribution in [0.4, 0.5) is 0 Å². The topological polar surface area (TPSA) is 109 Å². The van der Waals surface area contributed by atoms with Crippen LogP contribution in [0.1, 0.15) is 27.7 Å². The zero-order chi connectivity index (χ0) is 12.8. The van der Waals surface area contributed by atoms with Crippen LogP contribution in [0.2, 0.25) is 0 Å². The number of hydrogen-bond acceptors (Lipinski definition) is 6. The number of hydrogen-bond donors (Lipinski definition) is 2. The normalized spacial score (nSPS) is 9.88. The molecule has 0 fully saturated rings. The lowest BCUT2D eigenvalue weighted by atomic mass is 10.9. The van der Waals surface area contributed by atoms with Crippen molar-refractivity contribution in [1.82, 2.24) is 0 Å². The molecule has 0 rings (SSSR count). The molecule has 0 spiro atoms. The molecule has 0 atom stereocenters. The van der Waals surface area contributed by atoms with Crippen LogP contribution in [0.25, 0.3) is 0 Å². The summed E-state index contributed by atoms with van der Waals surface area (Å²) in [6, 6.07) is 0. The molecular formula is C8H24O7P2. The van der Waals surface area contributed by atoms with E-state index in [0.717, 1.165) is 0 Å². The molecule has 0 unspecified atom stereocenters. The van der Waals surface area contributed by atoms with E-state index in [1.807, 2.05) is 27.7 Å². The van der Waals surface area contributed by atoms with E-state index in [0.29, 0.717) is 26.4 Å². The predicted octanol–water partition coefficient (Wildman–Crippen LogP) is 1.73. The van der Waals surface area contributed by atoms with Gasteiger partial charge in [-0.2, -0.15) is 0 Å². The third-order valence-corrected chi connectivity index (χ3v) is 2.87. The molecule has 0 aliphatic carbocycles. The fourth-order valence-electron chi connectivity index (χ4n) is 0.516. The van der Waals surface area contributed by atoms with Crippen LogP contribution in [0.3, 0.4) is 0 Å². The van der Waals surface area contributed by atoms with Crippen LogP contribution in [0.5, 0.6) is 0 Å². The second-order valence-corrected chi connectivity index (χ2v) is 4.13. The minimum absolute atomic E-state index is 0.